The maximum atomic E-state index is 11.4. The van der Waals surface area contributed by atoms with Gasteiger partial charge in [0.1, 0.15) is 11.3 Å². The van der Waals surface area contributed by atoms with Crippen molar-refractivity contribution >= 4 is 45.3 Å². The average Bonchev–Trinajstić information content (AvgIpc) is 3.23. The molecule has 4 aromatic rings. The molecule has 2 aromatic heterocycles. The Morgan fingerprint density at radius 1 is 1.09 bits per heavy atom. The van der Waals surface area contributed by atoms with Crippen LogP contribution in [0, 0.1) is 0 Å². The lowest BCUT2D eigenvalue weighted by Crippen LogP contribution is -2.46. The highest BCUT2D eigenvalue weighted by Gasteiger charge is 2.19. The summed E-state index contributed by atoms with van der Waals surface area (Å²) in [6, 6.07) is 12.2. The molecule has 1 saturated heterocycles. The largest absolute Gasteiger partial charge is 0.511 e. The van der Waals surface area contributed by atoms with Crippen molar-refractivity contribution in [3.8, 4) is 5.75 Å². The van der Waals surface area contributed by atoms with Crippen LogP contribution < -0.4 is 15.3 Å². The van der Waals surface area contributed by atoms with Gasteiger partial charge in [-0.15, -0.1) is 0 Å². The van der Waals surface area contributed by atoms with E-state index in [1.165, 1.54) is 11.6 Å². The van der Waals surface area contributed by atoms with Crippen LogP contribution in [0.3, 0.4) is 0 Å². The Morgan fingerprint density at radius 3 is 2.71 bits per heavy atom. The summed E-state index contributed by atoms with van der Waals surface area (Å²) in [5.74, 6) is 0.333. The van der Waals surface area contributed by atoms with E-state index in [4.69, 9.17) is 25.9 Å². The second-order valence-corrected chi connectivity index (χ2v) is 9.18. The number of carbonyl (C=O) groups is 1. The number of nitrogens with one attached hydrogen (secondary N) is 1. The van der Waals surface area contributed by atoms with Crippen LogP contribution in [0.1, 0.15) is 18.4 Å². The van der Waals surface area contributed by atoms with E-state index in [0.717, 1.165) is 74.0 Å². The van der Waals surface area contributed by atoms with Crippen molar-refractivity contribution in [3.05, 3.63) is 69.7 Å². The summed E-state index contributed by atoms with van der Waals surface area (Å²) in [6.45, 7) is 4.72. The van der Waals surface area contributed by atoms with Crippen LogP contribution in [0.5, 0.6) is 5.75 Å². The minimum absolute atomic E-state index is 0.333. The number of halogens is 1. The fraction of sp³-hybridized carbons (Fsp3) is 0.308. The molecule has 2 N–H and O–H groups in total. The Morgan fingerprint density at radius 2 is 1.91 bits per heavy atom. The predicted octanol–water partition coefficient (Wildman–Crippen LogP) is 5.13. The molecule has 9 heteroatoms. The van der Waals surface area contributed by atoms with Gasteiger partial charge in [0.15, 0.2) is 0 Å². The summed E-state index contributed by atoms with van der Waals surface area (Å²) in [5, 5.41) is 11.3. The molecule has 1 aliphatic rings. The number of anilines is 1. The summed E-state index contributed by atoms with van der Waals surface area (Å²) in [4.78, 5) is 30.3. The quantitative estimate of drug-likeness (QED) is 0.159. The molecule has 5 rings (SSSR count). The minimum atomic E-state index is -1.31. The first kappa shape index (κ1) is 23.3. The summed E-state index contributed by atoms with van der Waals surface area (Å²) in [6.07, 6.45) is 3.72. The molecule has 182 valence electrons. The SMILES string of the molecule is O=C(O)Oc1ccc2[nH]cc(CCCCN3CCN(c4cc5ccc(=O)oc5cc4Cl)CC3)c2c1. The van der Waals surface area contributed by atoms with Crippen molar-refractivity contribution in [1.82, 2.24) is 9.88 Å². The number of carboxylic acid groups (broad SMARTS) is 1. The third kappa shape index (κ3) is 5.28. The monoisotopic (exact) mass is 495 g/mol. The van der Waals surface area contributed by atoms with Gasteiger partial charge in [-0.1, -0.05) is 11.6 Å². The Hall–Kier alpha value is -3.49. The van der Waals surface area contributed by atoms with Crippen molar-refractivity contribution in [2.75, 3.05) is 37.6 Å². The van der Waals surface area contributed by atoms with Gasteiger partial charge in [0.05, 0.1) is 10.7 Å². The van der Waals surface area contributed by atoms with Gasteiger partial charge < -0.3 is 24.1 Å². The molecule has 0 amide bonds. The molecule has 3 heterocycles. The van der Waals surface area contributed by atoms with Crippen LogP contribution in [0.15, 0.2) is 57.9 Å². The van der Waals surface area contributed by atoms with Crippen LogP contribution in [-0.4, -0.2) is 53.9 Å². The fourth-order valence-electron chi connectivity index (χ4n) is 4.71. The molecule has 0 radical (unpaired) electrons. The van der Waals surface area contributed by atoms with Crippen LogP contribution in [-0.2, 0) is 6.42 Å². The third-order valence-corrected chi connectivity index (χ3v) is 6.82. The molecule has 0 saturated carbocycles. The first-order chi connectivity index (χ1) is 17.0. The topological polar surface area (TPSA) is 99.0 Å². The number of benzene rings is 2. The van der Waals surface area contributed by atoms with Crippen molar-refractivity contribution < 1.29 is 19.1 Å². The van der Waals surface area contributed by atoms with Crippen molar-refractivity contribution in [1.29, 1.82) is 0 Å². The number of piperazine rings is 1. The first-order valence-electron chi connectivity index (χ1n) is 11.7. The van der Waals surface area contributed by atoms with Crippen LogP contribution in [0.4, 0.5) is 10.5 Å². The maximum absolute atomic E-state index is 11.4. The Labute approximate surface area is 206 Å². The van der Waals surface area contributed by atoms with Crippen LogP contribution in [0.25, 0.3) is 21.9 Å². The molecule has 8 nitrogen and oxygen atoms in total. The van der Waals surface area contributed by atoms with Crippen molar-refractivity contribution in [2.45, 2.75) is 19.3 Å². The number of aryl methyl sites for hydroxylation is 1. The molecular weight excluding hydrogens is 470 g/mol. The maximum Gasteiger partial charge on any atom is 0.511 e. The van der Waals surface area contributed by atoms with Gasteiger partial charge in [-0.2, -0.15) is 0 Å². The third-order valence-electron chi connectivity index (χ3n) is 6.52. The van der Waals surface area contributed by atoms with Gasteiger partial charge in [0, 0.05) is 60.8 Å². The zero-order chi connectivity index (χ0) is 24.4. The van der Waals surface area contributed by atoms with Gasteiger partial charge in [0.2, 0.25) is 0 Å². The van der Waals surface area contributed by atoms with E-state index in [1.807, 2.05) is 18.3 Å². The van der Waals surface area contributed by atoms with Crippen molar-refractivity contribution in [3.63, 3.8) is 0 Å². The number of aromatic nitrogens is 1. The number of unbranched alkanes of at least 4 members (excludes halogenated alkanes) is 1. The standard InChI is InChI=1S/C26H26ClN3O5/c27-21-15-24-17(4-7-25(31)35-24)13-23(21)30-11-9-29(10-12-30)8-2-1-3-18-16-28-22-6-5-19(14-20(18)22)34-26(32)33/h4-7,13-16,28H,1-3,8-12H2,(H,32,33). The predicted molar refractivity (Wildman–Crippen MR) is 136 cm³/mol. The van der Waals surface area contributed by atoms with Gasteiger partial charge in [-0.05, 0) is 61.7 Å². The molecule has 0 spiro atoms. The number of aromatic amines is 1. The van der Waals surface area contributed by atoms with E-state index in [-0.39, 0.29) is 5.63 Å². The summed E-state index contributed by atoms with van der Waals surface area (Å²) >= 11 is 6.50. The highest BCUT2D eigenvalue weighted by atomic mass is 35.5. The first-order valence-corrected chi connectivity index (χ1v) is 12.1. The normalized spacial score (nSPS) is 14.6. The molecule has 1 aliphatic heterocycles. The molecule has 0 atom stereocenters. The van der Waals surface area contributed by atoms with Gasteiger partial charge in [-0.25, -0.2) is 9.59 Å². The van der Waals surface area contributed by atoms with Gasteiger partial charge >= 0.3 is 11.8 Å². The number of hydrogen-bond acceptors (Lipinski definition) is 6. The smallest absolute Gasteiger partial charge is 0.449 e. The second kappa shape index (κ2) is 10.0. The van der Waals surface area contributed by atoms with Crippen LogP contribution >= 0.6 is 11.6 Å². The Balaban J connectivity index is 1.12. The molecule has 0 aliphatic carbocycles. The Kier molecular flexibility index (Phi) is 6.66. The summed E-state index contributed by atoms with van der Waals surface area (Å²) in [7, 11) is 0. The van der Waals surface area contributed by atoms with E-state index in [2.05, 4.69) is 14.8 Å². The highest BCUT2D eigenvalue weighted by Crippen LogP contribution is 2.31. The molecule has 0 unspecified atom stereocenters. The molecule has 2 aromatic carbocycles. The van der Waals surface area contributed by atoms with E-state index in [0.29, 0.717) is 16.4 Å². The number of hydrogen-bond donors (Lipinski definition) is 2. The van der Waals surface area contributed by atoms with Crippen LogP contribution in [0.2, 0.25) is 5.02 Å². The van der Waals surface area contributed by atoms with Gasteiger partial charge in [0.25, 0.3) is 0 Å². The zero-order valence-electron chi connectivity index (χ0n) is 19.1. The number of H-pyrrole nitrogens is 1. The molecule has 0 bridgehead atoms. The lowest BCUT2D eigenvalue weighted by molar-refractivity contribution is 0.144. The van der Waals surface area contributed by atoms with Gasteiger partial charge in [-0.3, -0.25) is 4.90 Å². The lowest BCUT2D eigenvalue weighted by Gasteiger charge is -2.36. The zero-order valence-corrected chi connectivity index (χ0v) is 19.9. The number of ether oxygens (including phenoxy) is 1. The van der Waals surface area contributed by atoms with E-state index >= 15 is 0 Å². The average molecular weight is 496 g/mol. The summed E-state index contributed by atoms with van der Waals surface area (Å²) < 4.78 is 10.0. The van der Waals surface area contributed by atoms with E-state index in [9.17, 15) is 9.59 Å². The highest BCUT2D eigenvalue weighted by molar-refractivity contribution is 6.34. The fourth-order valence-corrected chi connectivity index (χ4v) is 4.99. The minimum Gasteiger partial charge on any atom is -0.449 e. The number of rotatable bonds is 7. The van der Waals surface area contributed by atoms with Crippen molar-refractivity contribution in [2.24, 2.45) is 0 Å². The lowest BCUT2D eigenvalue weighted by atomic mass is 10.1. The second-order valence-electron chi connectivity index (χ2n) is 8.77. The Bertz CT molecular complexity index is 1420. The summed E-state index contributed by atoms with van der Waals surface area (Å²) in [5.41, 5.74) is 3.24. The number of nitrogens with zero attached hydrogens (tertiary/aromatic N) is 2. The van der Waals surface area contributed by atoms with E-state index in [1.54, 1.807) is 24.3 Å². The van der Waals surface area contributed by atoms with E-state index < -0.39 is 6.16 Å². The number of fused-ring (bicyclic) bond motifs is 2. The molecule has 35 heavy (non-hydrogen) atoms. The molecule has 1 fully saturated rings. The molecular formula is C26H26ClN3O5.